The second-order valence-corrected chi connectivity index (χ2v) is 7.02. The maximum atomic E-state index is 11.9. The molecule has 0 heterocycles. The fourth-order valence-corrected chi connectivity index (χ4v) is 3.92. The Kier molecular flexibility index (Phi) is 6.30. The van der Waals surface area contributed by atoms with Crippen LogP contribution in [-0.2, 0) is 14.4 Å². The summed E-state index contributed by atoms with van der Waals surface area (Å²) in [5.41, 5.74) is 6.65. The van der Waals surface area contributed by atoms with Crippen molar-refractivity contribution in [2.75, 3.05) is 13.7 Å². The van der Waals surface area contributed by atoms with E-state index >= 15 is 0 Å². The molecule has 0 spiro atoms. The van der Waals surface area contributed by atoms with Crippen molar-refractivity contribution in [3.63, 3.8) is 0 Å². The number of ether oxygens (including phenoxy) is 1. The average Bonchev–Trinajstić information content (AvgIpc) is 2.68. The normalized spacial score (nSPS) is 16.2. The standard InChI is InChI=1S/C24H27NO3/c1-5-28-22(26)14-13-18-15-17(3)19-10-6-7-11-20(19)24(18)23-16(2)9-8-12-21(23)25-27-4/h6-7,10-11,13-15H,5,8-9,12H2,1-4H3/b14-13+,25-21+. The molecule has 0 atom stereocenters. The Labute approximate surface area is 166 Å². The molecule has 1 aliphatic rings. The van der Waals surface area contributed by atoms with Gasteiger partial charge in [-0.05, 0) is 73.6 Å². The summed E-state index contributed by atoms with van der Waals surface area (Å²) in [6.45, 7) is 6.43. The highest BCUT2D eigenvalue weighted by molar-refractivity contribution is 6.28. The Balaban J connectivity index is 2.30. The van der Waals surface area contributed by atoms with E-state index in [9.17, 15) is 4.79 Å². The van der Waals surface area contributed by atoms with E-state index in [0.29, 0.717) is 6.61 Å². The number of benzene rings is 2. The Morgan fingerprint density at radius 2 is 1.93 bits per heavy atom. The van der Waals surface area contributed by atoms with Gasteiger partial charge in [-0.1, -0.05) is 41.1 Å². The zero-order valence-corrected chi connectivity index (χ0v) is 17.0. The van der Waals surface area contributed by atoms with E-state index in [1.807, 2.05) is 6.08 Å². The average molecular weight is 377 g/mol. The van der Waals surface area contributed by atoms with Crippen molar-refractivity contribution in [1.29, 1.82) is 0 Å². The molecule has 2 aromatic carbocycles. The first-order chi connectivity index (χ1) is 13.6. The molecule has 0 aromatic heterocycles. The van der Waals surface area contributed by atoms with Crippen molar-refractivity contribution in [2.24, 2.45) is 5.16 Å². The van der Waals surface area contributed by atoms with E-state index in [1.54, 1.807) is 14.0 Å². The van der Waals surface area contributed by atoms with Crippen molar-refractivity contribution in [1.82, 2.24) is 0 Å². The summed E-state index contributed by atoms with van der Waals surface area (Å²) in [7, 11) is 1.59. The summed E-state index contributed by atoms with van der Waals surface area (Å²) < 4.78 is 5.07. The van der Waals surface area contributed by atoms with Gasteiger partial charge in [0.05, 0.1) is 12.3 Å². The zero-order chi connectivity index (χ0) is 20.1. The number of aryl methyl sites for hydroxylation is 1. The molecular formula is C24H27NO3. The van der Waals surface area contributed by atoms with Crippen molar-refractivity contribution >= 4 is 34.1 Å². The lowest BCUT2D eigenvalue weighted by atomic mass is 9.81. The number of allylic oxidation sites excluding steroid dienone is 2. The van der Waals surface area contributed by atoms with Crippen LogP contribution in [0.5, 0.6) is 0 Å². The number of esters is 1. The number of hydrogen-bond acceptors (Lipinski definition) is 4. The largest absolute Gasteiger partial charge is 0.463 e. The monoisotopic (exact) mass is 377 g/mol. The number of carbonyl (C=O) groups is 1. The predicted molar refractivity (Wildman–Crippen MR) is 115 cm³/mol. The summed E-state index contributed by atoms with van der Waals surface area (Å²) in [6, 6.07) is 10.5. The molecule has 0 saturated carbocycles. The lowest BCUT2D eigenvalue weighted by Gasteiger charge is -2.23. The lowest BCUT2D eigenvalue weighted by molar-refractivity contribution is -0.137. The Morgan fingerprint density at radius 3 is 2.64 bits per heavy atom. The minimum absolute atomic E-state index is 0.334. The van der Waals surface area contributed by atoms with E-state index < -0.39 is 0 Å². The van der Waals surface area contributed by atoms with Gasteiger partial charge in [-0.3, -0.25) is 0 Å². The molecule has 0 amide bonds. The van der Waals surface area contributed by atoms with Crippen LogP contribution < -0.4 is 0 Å². The molecule has 28 heavy (non-hydrogen) atoms. The third-order valence-corrected chi connectivity index (χ3v) is 5.10. The first-order valence-electron chi connectivity index (χ1n) is 9.74. The minimum atomic E-state index is -0.334. The summed E-state index contributed by atoms with van der Waals surface area (Å²) in [5, 5.41) is 6.69. The van der Waals surface area contributed by atoms with Crippen LogP contribution in [0, 0.1) is 6.92 Å². The molecule has 146 valence electrons. The third-order valence-electron chi connectivity index (χ3n) is 5.10. The van der Waals surface area contributed by atoms with Crippen LogP contribution in [0.15, 0.2) is 47.1 Å². The van der Waals surface area contributed by atoms with Gasteiger partial charge in [0.25, 0.3) is 0 Å². The number of nitrogens with zero attached hydrogens (tertiary/aromatic N) is 1. The first-order valence-corrected chi connectivity index (χ1v) is 9.74. The smallest absolute Gasteiger partial charge is 0.330 e. The van der Waals surface area contributed by atoms with Gasteiger partial charge < -0.3 is 9.57 Å². The van der Waals surface area contributed by atoms with E-state index in [-0.39, 0.29) is 5.97 Å². The summed E-state index contributed by atoms with van der Waals surface area (Å²) >= 11 is 0. The summed E-state index contributed by atoms with van der Waals surface area (Å²) in [6.07, 6.45) is 6.33. The number of oxime groups is 1. The van der Waals surface area contributed by atoms with Gasteiger partial charge in [0.15, 0.2) is 0 Å². The fraction of sp³-hybridized carbons (Fsp3) is 0.333. The molecule has 2 aromatic rings. The van der Waals surface area contributed by atoms with Crippen LogP contribution in [0.1, 0.15) is 49.8 Å². The molecule has 4 heteroatoms. The molecule has 1 aliphatic carbocycles. The Bertz CT molecular complexity index is 983. The molecule has 0 N–H and O–H groups in total. The molecular weight excluding hydrogens is 350 g/mol. The first kappa shape index (κ1) is 19.9. The van der Waals surface area contributed by atoms with Crippen LogP contribution in [0.4, 0.5) is 0 Å². The van der Waals surface area contributed by atoms with E-state index in [0.717, 1.165) is 47.1 Å². The summed E-state index contributed by atoms with van der Waals surface area (Å²) in [4.78, 5) is 17.1. The van der Waals surface area contributed by atoms with Gasteiger partial charge in [-0.25, -0.2) is 4.79 Å². The molecule has 4 nitrogen and oxygen atoms in total. The van der Waals surface area contributed by atoms with Crippen LogP contribution in [0.3, 0.4) is 0 Å². The SMILES string of the molecule is CCOC(=O)/C=C/c1cc(C)c2ccccc2c1C1=C(C)CCC/C1=N\OC. The van der Waals surface area contributed by atoms with Crippen molar-refractivity contribution in [3.05, 3.63) is 58.7 Å². The Hall–Kier alpha value is -2.88. The molecule has 0 aliphatic heterocycles. The molecule has 0 bridgehead atoms. The van der Waals surface area contributed by atoms with Gasteiger partial charge in [-0.15, -0.1) is 0 Å². The second-order valence-electron chi connectivity index (χ2n) is 7.02. The topological polar surface area (TPSA) is 47.9 Å². The highest BCUT2D eigenvalue weighted by atomic mass is 16.6. The van der Waals surface area contributed by atoms with Crippen LogP contribution in [-0.4, -0.2) is 25.4 Å². The number of carbonyl (C=O) groups excluding carboxylic acids is 1. The maximum absolute atomic E-state index is 11.9. The molecule has 0 fully saturated rings. The quantitative estimate of drug-likeness (QED) is 0.382. The van der Waals surface area contributed by atoms with Crippen LogP contribution in [0.2, 0.25) is 0 Å². The van der Waals surface area contributed by atoms with E-state index in [1.165, 1.54) is 22.6 Å². The van der Waals surface area contributed by atoms with Crippen LogP contribution in [0.25, 0.3) is 22.4 Å². The second kappa shape index (κ2) is 8.87. The van der Waals surface area contributed by atoms with Gasteiger partial charge in [0, 0.05) is 11.6 Å². The highest BCUT2D eigenvalue weighted by Crippen LogP contribution is 2.38. The predicted octanol–water partition coefficient (Wildman–Crippen LogP) is 5.68. The van der Waals surface area contributed by atoms with E-state index in [2.05, 4.69) is 49.3 Å². The highest BCUT2D eigenvalue weighted by Gasteiger charge is 2.23. The van der Waals surface area contributed by atoms with Crippen LogP contribution >= 0.6 is 0 Å². The van der Waals surface area contributed by atoms with Gasteiger partial charge in [-0.2, -0.15) is 0 Å². The molecule has 0 saturated heterocycles. The minimum Gasteiger partial charge on any atom is -0.463 e. The van der Waals surface area contributed by atoms with Crippen molar-refractivity contribution < 1.29 is 14.4 Å². The lowest BCUT2D eigenvalue weighted by Crippen LogP contribution is -2.12. The third kappa shape index (κ3) is 4.01. The zero-order valence-electron chi connectivity index (χ0n) is 17.0. The molecule has 0 radical (unpaired) electrons. The summed E-state index contributed by atoms with van der Waals surface area (Å²) in [5.74, 6) is -0.334. The van der Waals surface area contributed by atoms with Crippen molar-refractivity contribution in [3.8, 4) is 0 Å². The van der Waals surface area contributed by atoms with Crippen molar-refractivity contribution in [2.45, 2.75) is 40.0 Å². The number of hydrogen-bond donors (Lipinski definition) is 0. The van der Waals surface area contributed by atoms with Gasteiger partial charge in [0.1, 0.15) is 7.11 Å². The fourth-order valence-electron chi connectivity index (χ4n) is 3.92. The maximum Gasteiger partial charge on any atom is 0.330 e. The van der Waals surface area contributed by atoms with Gasteiger partial charge in [0.2, 0.25) is 0 Å². The van der Waals surface area contributed by atoms with E-state index in [4.69, 9.17) is 9.57 Å². The molecule has 0 unspecified atom stereocenters. The number of rotatable bonds is 5. The van der Waals surface area contributed by atoms with Gasteiger partial charge >= 0.3 is 5.97 Å². The molecule has 3 rings (SSSR count). The number of fused-ring (bicyclic) bond motifs is 1. The Morgan fingerprint density at radius 1 is 1.18 bits per heavy atom.